The Labute approximate surface area is 136 Å². The van der Waals surface area contributed by atoms with Gasteiger partial charge in [-0.05, 0) is 29.6 Å². The van der Waals surface area contributed by atoms with Crippen molar-refractivity contribution in [1.82, 2.24) is 0 Å². The molecule has 0 saturated carbocycles. The minimum absolute atomic E-state index is 0.253. The lowest BCUT2D eigenvalue weighted by Gasteiger charge is -2.14. The van der Waals surface area contributed by atoms with Gasteiger partial charge in [0, 0.05) is 15.9 Å². The molecular formula is C15H15BrN2O2S. The summed E-state index contributed by atoms with van der Waals surface area (Å²) in [6.45, 7) is 1.10. The van der Waals surface area contributed by atoms with Crippen LogP contribution >= 0.6 is 27.3 Å². The molecule has 1 aromatic carbocycles. The fourth-order valence-corrected chi connectivity index (χ4v) is 2.74. The highest BCUT2D eigenvalue weighted by atomic mass is 79.9. The molecule has 0 amide bonds. The molecule has 1 unspecified atom stereocenters. The molecule has 2 N–H and O–H groups in total. The van der Waals surface area contributed by atoms with Gasteiger partial charge in [0.15, 0.2) is 0 Å². The van der Waals surface area contributed by atoms with Crippen molar-refractivity contribution in [3.8, 4) is 6.07 Å². The van der Waals surface area contributed by atoms with Crippen molar-refractivity contribution in [3.63, 3.8) is 0 Å². The van der Waals surface area contributed by atoms with Gasteiger partial charge < -0.3 is 15.2 Å². The molecule has 1 aromatic heterocycles. The van der Waals surface area contributed by atoms with Gasteiger partial charge in [-0.25, -0.2) is 0 Å². The molecule has 0 fully saturated rings. The van der Waals surface area contributed by atoms with Gasteiger partial charge in [0.25, 0.3) is 0 Å². The minimum Gasteiger partial charge on any atom is -0.389 e. The Morgan fingerprint density at radius 3 is 3.00 bits per heavy atom. The topological polar surface area (TPSA) is 65.3 Å². The Kier molecular flexibility index (Phi) is 6.21. The summed E-state index contributed by atoms with van der Waals surface area (Å²) < 4.78 is 6.30. The van der Waals surface area contributed by atoms with E-state index in [0.717, 1.165) is 9.35 Å². The Balaban J connectivity index is 1.76. The maximum absolute atomic E-state index is 9.88. The average molecular weight is 367 g/mol. The zero-order chi connectivity index (χ0) is 15.1. The Morgan fingerprint density at radius 1 is 1.43 bits per heavy atom. The molecule has 0 aliphatic rings. The van der Waals surface area contributed by atoms with Crippen LogP contribution < -0.4 is 5.32 Å². The van der Waals surface area contributed by atoms with E-state index in [2.05, 4.69) is 27.3 Å². The van der Waals surface area contributed by atoms with Gasteiger partial charge in [-0.1, -0.05) is 22.0 Å². The minimum atomic E-state index is -0.625. The van der Waals surface area contributed by atoms with E-state index >= 15 is 0 Å². The van der Waals surface area contributed by atoms with Crippen LogP contribution in [-0.2, 0) is 11.3 Å². The molecule has 6 heteroatoms. The number of ether oxygens (including phenoxy) is 1. The summed E-state index contributed by atoms with van der Waals surface area (Å²) in [5.41, 5.74) is 1.24. The second-order valence-corrected chi connectivity index (χ2v) is 6.38. The number of rotatable bonds is 7. The van der Waals surface area contributed by atoms with E-state index in [9.17, 15) is 5.11 Å². The van der Waals surface area contributed by atoms with Crippen LogP contribution in [-0.4, -0.2) is 24.4 Å². The predicted molar refractivity (Wildman–Crippen MR) is 87.3 cm³/mol. The molecule has 0 spiro atoms. The third-order valence-electron chi connectivity index (χ3n) is 2.76. The zero-order valence-electron chi connectivity index (χ0n) is 11.3. The van der Waals surface area contributed by atoms with Gasteiger partial charge in [0.2, 0.25) is 0 Å². The Bertz CT molecular complexity index is 611. The van der Waals surface area contributed by atoms with Gasteiger partial charge >= 0.3 is 0 Å². The number of hydrogen-bond acceptors (Lipinski definition) is 5. The smallest absolute Gasteiger partial charge is 0.101 e. The van der Waals surface area contributed by atoms with Crippen LogP contribution in [0.5, 0.6) is 0 Å². The van der Waals surface area contributed by atoms with Crippen molar-refractivity contribution < 1.29 is 9.84 Å². The van der Waals surface area contributed by atoms with Crippen molar-refractivity contribution in [2.24, 2.45) is 0 Å². The highest BCUT2D eigenvalue weighted by molar-refractivity contribution is 9.10. The molecule has 0 aliphatic carbocycles. The number of anilines is 1. The standard InChI is InChI=1S/C15H15BrN2O2S/c16-12-3-4-15(11(6-12)7-17)18-8-13(19)9-20-10-14-2-1-5-21-14/h1-6,13,18-19H,8-10H2. The number of nitrogens with one attached hydrogen (secondary N) is 1. The molecule has 2 aromatic rings. The van der Waals surface area contributed by atoms with Crippen molar-refractivity contribution in [2.45, 2.75) is 12.7 Å². The number of aliphatic hydroxyl groups excluding tert-OH is 1. The van der Waals surface area contributed by atoms with E-state index in [-0.39, 0.29) is 6.61 Å². The lowest BCUT2D eigenvalue weighted by Crippen LogP contribution is -2.25. The Morgan fingerprint density at radius 2 is 2.29 bits per heavy atom. The van der Waals surface area contributed by atoms with Gasteiger partial charge in [0.1, 0.15) is 6.07 Å². The average Bonchev–Trinajstić information content (AvgIpc) is 2.99. The normalized spacial score (nSPS) is 11.9. The molecule has 110 valence electrons. The van der Waals surface area contributed by atoms with E-state index in [1.54, 1.807) is 17.4 Å². The molecule has 21 heavy (non-hydrogen) atoms. The molecule has 2 rings (SSSR count). The van der Waals surface area contributed by atoms with E-state index in [1.165, 1.54) is 0 Å². The van der Waals surface area contributed by atoms with Crippen LogP contribution in [0.1, 0.15) is 10.4 Å². The fraction of sp³-hybridized carbons (Fsp3) is 0.267. The quantitative estimate of drug-likeness (QED) is 0.788. The Hall–Kier alpha value is -1.39. The maximum Gasteiger partial charge on any atom is 0.101 e. The van der Waals surface area contributed by atoms with Crippen molar-refractivity contribution in [3.05, 3.63) is 50.6 Å². The van der Waals surface area contributed by atoms with Crippen LogP contribution in [0.25, 0.3) is 0 Å². The van der Waals surface area contributed by atoms with Crippen molar-refractivity contribution in [2.75, 3.05) is 18.5 Å². The van der Waals surface area contributed by atoms with E-state index in [4.69, 9.17) is 10.00 Å². The number of halogens is 1. The maximum atomic E-state index is 9.88. The van der Waals surface area contributed by atoms with Gasteiger partial charge in [-0.2, -0.15) is 5.26 Å². The molecular weight excluding hydrogens is 352 g/mol. The SMILES string of the molecule is N#Cc1cc(Br)ccc1NCC(O)COCc1cccs1. The van der Waals surface area contributed by atoms with Crippen LogP contribution in [0.15, 0.2) is 40.2 Å². The molecule has 0 radical (unpaired) electrons. The largest absolute Gasteiger partial charge is 0.389 e. The first-order valence-corrected chi connectivity index (χ1v) is 8.08. The van der Waals surface area contributed by atoms with Gasteiger partial charge in [-0.15, -0.1) is 11.3 Å². The van der Waals surface area contributed by atoms with Crippen LogP contribution in [0, 0.1) is 11.3 Å². The second kappa shape index (κ2) is 8.15. The number of thiophene rings is 1. The summed E-state index contributed by atoms with van der Waals surface area (Å²) in [4.78, 5) is 1.13. The van der Waals surface area contributed by atoms with Crippen LogP contribution in [0.2, 0.25) is 0 Å². The number of aliphatic hydroxyl groups is 1. The highest BCUT2D eigenvalue weighted by Crippen LogP contribution is 2.20. The summed E-state index contributed by atoms with van der Waals surface area (Å²) in [7, 11) is 0. The first kappa shape index (κ1) is 16.0. The first-order chi connectivity index (χ1) is 10.2. The van der Waals surface area contributed by atoms with Crippen LogP contribution in [0.4, 0.5) is 5.69 Å². The third-order valence-corrected chi connectivity index (χ3v) is 4.11. The summed E-state index contributed by atoms with van der Waals surface area (Å²) in [6, 6.07) is 11.5. The first-order valence-electron chi connectivity index (χ1n) is 6.40. The highest BCUT2D eigenvalue weighted by Gasteiger charge is 2.07. The van der Waals surface area contributed by atoms with Gasteiger partial charge in [-0.3, -0.25) is 0 Å². The monoisotopic (exact) mass is 366 g/mol. The molecule has 1 atom stereocenters. The molecule has 0 saturated heterocycles. The number of nitriles is 1. The number of benzene rings is 1. The summed E-state index contributed by atoms with van der Waals surface area (Å²) >= 11 is 4.95. The third kappa shape index (κ3) is 5.14. The molecule has 1 heterocycles. The molecule has 0 aliphatic heterocycles. The summed E-state index contributed by atoms with van der Waals surface area (Å²) in [5.74, 6) is 0. The van der Waals surface area contributed by atoms with Crippen molar-refractivity contribution in [1.29, 1.82) is 5.26 Å². The predicted octanol–water partition coefficient (Wildman–Crippen LogP) is 3.37. The lowest BCUT2D eigenvalue weighted by atomic mass is 10.2. The number of nitrogens with zero attached hydrogens (tertiary/aromatic N) is 1. The van der Waals surface area contributed by atoms with Crippen molar-refractivity contribution >= 4 is 33.0 Å². The second-order valence-electron chi connectivity index (χ2n) is 4.43. The van der Waals surface area contributed by atoms with E-state index < -0.39 is 6.10 Å². The number of hydrogen-bond donors (Lipinski definition) is 2. The summed E-state index contributed by atoms with van der Waals surface area (Å²) in [5, 5.41) is 24.0. The van der Waals surface area contributed by atoms with E-state index in [0.29, 0.717) is 24.4 Å². The van der Waals surface area contributed by atoms with Gasteiger partial charge in [0.05, 0.1) is 30.6 Å². The summed E-state index contributed by atoms with van der Waals surface area (Å²) in [6.07, 6.45) is -0.625. The van der Waals surface area contributed by atoms with Crippen LogP contribution in [0.3, 0.4) is 0 Å². The molecule has 4 nitrogen and oxygen atoms in total. The lowest BCUT2D eigenvalue weighted by molar-refractivity contribution is 0.0359. The van der Waals surface area contributed by atoms with E-state index in [1.807, 2.05) is 29.6 Å². The zero-order valence-corrected chi connectivity index (χ0v) is 13.7. The molecule has 0 bridgehead atoms. The fourth-order valence-electron chi connectivity index (χ4n) is 1.74.